The quantitative estimate of drug-likeness (QED) is 0.365. The molecule has 5 rings (SSSR count). The zero-order valence-electron chi connectivity index (χ0n) is 18.4. The van der Waals surface area contributed by atoms with Gasteiger partial charge in [-0.05, 0) is 30.7 Å². The Balaban J connectivity index is 1.37. The molecule has 0 saturated carbocycles. The van der Waals surface area contributed by atoms with Gasteiger partial charge in [-0.2, -0.15) is 9.50 Å². The SMILES string of the molecule is CCCCCCOc1ccccc1/C=c1\sc2nc(C3COc4ccccc4O3)nn2c1=O. The van der Waals surface area contributed by atoms with Gasteiger partial charge in [0, 0.05) is 5.56 Å². The summed E-state index contributed by atoms with van der Waals surface area (Å²) < 4.78 is 19.6. The van der Waals surface area contributed by atoms with Crippen LogP contribution < -0.4 is 24.3 Å². The van der Waals surface area contributed by atoms with Crippen molar-refractivity contribution in [1.29, 1.82) is 0 Å². The summed E-state index contributed by atoms with van der Waals surface area (Å²) in [6.45, 7) is 3.15. The summed E-state index contributed by atoms with van der Waals surface area (Å²) in [7, 11) is 0. The van der Waals surface area contributed by atoms with Crippen LogP contribution in [0.5, 0.6) is 17.2 Å². The lowest BCUT2D eigenvalue weighted by Gasteiger charge is -2.24. The molecule has 0 saturated heterocycles. The molecule has 0 amide bonds. The van der Waals surface area contributed by atoms with Gasteiger partial charge in [0.15, 0.2) is 23.4 Å². The summed E-state index contributed by atoms with van der Waals surface area (Å²) in [6.07, 6.45) is 5.98. The highest BCUT2D eigenvalue weighted by atomic mass is 32.1. The molecule has 7 nitrogen and oxygen atoms in total. The first-order valence-electron chi connectivity index (χ1n) is 11.2. The molecular formula is C25H25N3O4S. The predicted octanol–water partition coefficient (Wildman–Crippen LogP) is 4.17. The molecule has 1 atom stereocenters. The second-order valence-corrected chi connectivity index (χ2v) is 8.90. The van der Waals surface area contributed by atoms with Crippen LogP contribution in [0.3, 0.4) is 0 Å². The summed E-state index contributed by atoms with van der Waals surface area (Å²) >= 11 is 1.30. The average Bonchev–Trinajstić information content (AvgIpc) is 3.39. The van der Waals surface area contributed by atoms with Crippen molar-refractivity contribution in [2.45, 2.75) is 38.7 Å². The van der Waals surface area contributed by atoms with Crippen LogP contribution in [0.15, 0.2) is 53.3 Å². The van der Waals surface area contributed by atoms with Crippen LogP contribution in [0.2, 0.25) is 0 Å². The fourth-order valence-electron chi connectivity index (χ4n) is 3.72. The Morgan fingerprint density at radius 3 is 2.79 bits per heavy atom. The van der Waals surface area contributed by atoms with E-state index in [1.165, 1.54) is 28.7 Å². The van der Waals surface area contributed by atoms with Gasteiger partial charge in [-0.1, -0.05) is 67.9 Å². The molecule has 0 radical (unpaired) electrons. The van der Waals surface area contributed by atoms with E-state index in [0.717, 1.165) is 24.2 Å². The van der Waals surface area contributed by atoms with Crippen molar-refractivity contribution in [2.24, 2.45) is 0 Å². The first-order valence-corrected chi connectivity index (χ1v) is 12.1. The topological polar surface area (TPSA) is 74.9 Å². The molecule has 33 heavy (non-hydrogen) atoms. The van der Waals surface area contributed by atoms with E-state index in [4.69, 9.17) is 14.2 Å². The van der Waals surface area contributed by atoms with Crippen molar-refractivity contribution in [3.63, 3.8) is 0 Å². The largest absolute Gasteiger partial charge is 0.493 e. The Kier molecular flexibility index (Phi) is 6.26. The number of fused-ring (bicyclic) bond motifs is 2. The van der Waals surface area contributed by atoms with Gasteiger partial charge >= 0.3 is 0 Å². The lowest BCUT2D eigenvalue weighted by molar-refractivity contribution is 0.0852. The molecule has 170 valence electrons. The number of hydrogen-bond donors (Lipinski definition) is 0. The van der Waals surface area contributed by atoms with Crippen LogP contribution in [-0.4, -0.2) is 27.8 Å². The third-order valence-corrected chi connectivity index (χ3v) is 6.42. The number of hydrogen-bond acceptors (Lipinski definition) is 7. The lowest BCUT2D eigenvalue weighted by Crippen LogP contribution is -2.26. The number of aromatic nitrogens is 3. The number of ether oxygens (including phenoxy) is 3. The van der Waals surface area contributed by atoms with Crippen molar-refractivity contribution in [3.05, 3.63) is 74.8 Å². The number of benzene rings is 2. The first-order chi connectivity index (χ1) is 16.2. The van der Waals surface area contributed by atoms with Crippen molar-refractivity contribution < 1.29 is 14.2 Å². The third-order valence-electron chi connectivity index (χ3n) is 5.46. The van der Waals surface area contributed by atoms with E-state index in [2.05, 4.69) is 17.0 Å². The van der Waals surface area contributed by atoms with Gasteiger partial charge < -0.3 is 14.2 Å². The Bertz CT molecular complexity index is 1360. The second-order valence-electron chi connectivity index (χ2n) is 7.89. The molecule has 2 aromatic carbocycles. The van der Waals surface area contributed by atoms with E-state index in [9.17, 15) is 4.79 Å². The first kappa shape index (κ1) is 21.5. The van der Waals surface area contributed by atoms with Crippen molar-refractivity contribution in [3.8, 4) is 17.2 Å². The molecule has 1 aliphatic heterocycles. The van der Waals surface area contributed by atoms with Gasteiger partial charge in [-0.15, -0.1) is 5.10 Å². The highest BCUT2D eigenvalue weighted by Gasteiger charge is 2.27. The minimum Gasteiger partial charge on any atom is -0.493 e. The maximum absolute atomic E-state index is 13.0. The van der Waals surface area contributed by atoms with Crippen LogP contribution in [0.1, 0.15) is 50.1 Å². The van der Waals surface area contributed by atoms with Crippen LogP contribution in [0.25, 0.3) is 11.0 Å². The van der Waals surface area contributed by atoms with E-state index in [0.29, 0.717) is 40.0 Å². The number of para-hydroxylation sites is 3. The van der Waals surface area contributed by atoms with Crippen LogP contribution in [-0.2, 0) is 0 Å². The number of rotatable bonds is 8. The Morgan fingerprint density at radius 2 is 1.94 bits per heavy atom. The number of unbranched alkanes of at least 4 members (excludes halogenated alkanes) is 3. The molecule has 0 spiro atoms. The van der Waals surface area contributed by atoms with E-state index in [1.807, 2.05) is 54.6 Å². The summed E-state index contributed by atoms with van der Waals surface area (Å²) in [5.41, 5.74) is 0.666. The van der Waals surface area contributed by atoms with Crippen LogP contribution in [0, 0.1) is 0 Å². The smallest absolute Gasteiger partial charge is 0.291 e. The molecule has 4 aromatic rings. The number of nitrogens with zero attached hydrogens (tertiary/aromatic N) is 3. The summed E-state index contributed by atoms with van der Waals surface area (Å²) in [4.78, 5) is 18.1. The molecule has 2 aromatic heterocycles. The van der Waals surface area contributed by atoms with Gasteiger partial charge in [0.2, 0.25) is 4.96 Å². The average molecular weight is 464 g/mol. The molecule has 0 N–H and O–H groups in total. The maximum Gasteiger partial charge on any atom is 0.291 e. The molecular weight excluding hydrogens is 438 g/mol. The fraction of sp³-hybridized carbons (Fsp3) is 0.320. The second kappa shape index (κ2) is 9.62. The minimum atomic E-state index is -0.458. The zero-order chi connectivity index (χ0) is 22.6. The molecule has 3 heterocycles. The van der Waals surface area contributed by atoms with Crippen LogP contribution in [0.4, 0.5) is 0 Å². The maximum atomic E-state index is 13.0. The highest BCUT2D eigenvalue weighted by Crippen LogP contribution is 2.35. The van der Waals surface area contributed by atoms with Gasteiger partial charge in [-0.25, -0.2) is 0 Å². The monoisotopic (exact) mass is 463 g/mol. The van der Waals surface area contributed by atoms with E-state index >= 15 is 0 Å². The predicted molar refractivity (Wildman–Crippen MR) is 127 cm³/mol. The summed E-state index contributed by atoms with van der Waals surface area (Å²) in [5.74, 6) is 2.56. The van der Waals surface area contributed by atoms with Crippen LogP contribution >= 0.6 is 11.3 Å². The Hall–Kier alpha value is -3.39. The summed E-state index contributed by atoms with van der Waals surface area (Å²) in [5, 5.41) is 4.42. The van der Waals surface area contributed by atoms with Gasteiger partial charge in [0.05, 0.1) is 11.1 Å². The molecule has 1 aliphatic rings. The minimum absolute atomic E-state index is 0.205. The van der Waals surface area contributed by atoms with Crippen molar-refractivity contribution >= 4 is 22.4 Å². The van der Waals surface area contributed by atoms with Crippen molar-refractivity contribution in [2.75, 3.05) is 13.2 Å². The van der Waals surface area contributed by atoms with E-state index in [-0.39, 0.29) is 5.56 Å². The van der Waals surface area contributed by atoms with Gasteiger partial charge in [-0.3, -0.25) is 4.79 Å². The molecule has 8 heteroatoms. The summed E-state index contributed by atoms with van der Waals surface area (Å²) in [6, 6.07) is 15.2. The lowest BCUT2D eigenvalue weighted by atomic mass is 10.2. The third kappa shape index (κ3) is 4.57. The Labute approximate surface area is 195 Å². The fourth-order valence-corrected chi connectivity index (χ4v) is 4.62. The van der Waals surface area contributed by atoms with E-state index < -0.39 is 6.10 Å². The van der Waals surface area contributed by atoms with Crippen molar-refractivity contribution in [1.82, 2.24) is 14.6 Å². The molecule has 1 unspecified atom stereocenters. The Morgan fingerprint density at radius 1 is 1.12 bits per heavy atom. The molecule has 0 bridgehead atoms. The van der Waals surface area contributed by atoms with Gasteiger partial charge in [0.1, 0.15) is 12.4 Å². The zero-order valence-corrected chi connectivity index (χ0v) is 19.2. The molecule has 0 fully saturated rings. The standard InChI is InChI=1S/C25H25N3O4S/c1-2-3-4-9-14-30-18-11-6-5-10-17(18)15-22-24(29)28-25(33-22)26-23(27-28)21-16-31-19-12-7-8-13-20(19)32-21/h5-8,10-13,15,21H,2-4,9,14,16H2,1H3/b22-15-. The number of thiazole rings is 1. The normalized spacial score (nSPS) is 15.8. The highest BCUT2D eigenvalue weighted by molar-refractivity contribution is 7.15. The molecule has 0 aliphatic carbocycles. The van der Waals surface area contributed by atoms with Gasteiger partial charge in [0.25, 0.3) is 5.56 Å². The van der Waals surface area contributed by atoms with E-state index in [1.54, 1.807) is 0 Å².